The van der Waals surface area contributed by atoms with Crippen LogP contribution >= 0.6 is 0 Å². The summed E-state index contributed by atoms with van der Waals surface area (Å²) in [6.07, 6.45) is 3.66. The Morgan fingerprint density at radius 3 is 1.59 bits per heavy atom. The van der Waals surface area contributed by atoms with Gasteiger partial charge in [-0.3, -0.25) is 9.97 Å². The minimum absolute atomic E-state index is 0.924. The standard InChI is InChI=1S/C42H26N4/c1-2-6-28(7-3-1)37-20-16-32-24-30(14-18-39(32)45-37)31-15-19-40-33(25-31)17-21-38(46-40)29-12-10-27(11-13-29)36-26-34-8-4-22-43-41(34)42-35(36)9-5-23-44-42/h1-26H. The topological polar surface area (TPSA) is 51.6 Å². The fourth-order valence-electron chi connectivity index (χ4n) is 6.38. The molecule has 0 aliphatic rings. The summed E-state index contributed by atoms with van der Waals surface area (Å²) in [5.41, 5.74) is 12.6. The van der Waals surface area contributed by atoms with Crippen LogP contribution in [0, 0.1) is 0 Å². The van der Waals surface area contributed by atoms with Crippen molar-refractivity contribution >= 4 is 43.6 Å². The van der Waals surface area contributed by atoms with E-state index in [1.165, 1.54) is 0 Å². The molecule has 0 N–H and O–H groups in total. The SMILES string of the molecule is c1ccc(-c2ccc3cc(-c4ccc5nc(-c6ccc(-c7cc8cccnc8c8ncccc78)cc6)ccc5c4)ccc3n2)cc1. The molecule has 4 aromatic heterocycles. The van der Waals surface area contributed by atoms with E-state index in [9.17, 15) is 0 Å². The Labute approximate surface area is 265 Å². The molecule has 0 saturated carbocycles. The molecule has 9 aromatic rings. The second-order valence-corrected chi connectivity index (χ2v) is 11.6. The highest BCUT2D eigenvalue weighted by Crippen LogP contribution is 2.34. The third-order valence-electron chi connectivity index (χ3n) is 8.73. The summed E-state index contributed by atoms with van der Waals surface area (Å²) in [7, 11) is 0. The summed E-state index contributed by atoms with van der Waals surface area (Å²) in [4.78, 5) is 19.2. The van der Waals surface area contributed by atoms with Crippen molar-refractivity contribution in [2.45, 2.75) is 0 Å². The smallest absolute Gasteiger partial charge is 0.0970 e. The highest BCUT2D eigenvalue weighted by Gasteiger charge is 2.11. The van der Waals surface area contributed by atoms with Gasteiger partial charge < -0.3 is 0 Å². The Balaban J connectivity index is 1.02. The van der Waals surface area contributed by atoms with Crippen molar-refractivity contribution in [1.29, 1.82) is 0 Å². The van der Waals surface area contributed by atoms with Crippen LogP contribution < -0.4 is 0 Å². The van der Waals surface area contributed by atoms with Crippen molar-refractivity contribution in [3.05, 3.63) is 158 Å². The molecule has 0 radical (unpaired) electrons. The Morgan fingerprint density at radius 2 is 0.913 bits per heavy atom. The Hall–Kier alpha value is -6.26. The Morgan fingerprint density at radius 1 is 0.348 bits per heavy atom. The van der Waals surface area contributed by atoms with Crippen LogP contribution in [0.1, 0.15) is 0 Å². The molecule has 0 saturated heterocycles. The fourth-order valence-corrected chi connectivity index (χ4v) is 6.38. The lowest BCUT2D eigenvalue weighted by atomic mass is 9.96. The largest absolute Gasteiger partial charge is 0.254 e. The molecule has 0 bridgehead atoms. The van der Waals surface area contributed by atoms with E-state index < -0.39 is 0 Å². The van der Waals surface area contributed by atoms with Gasteiger partial charge in [-0.1, -0.05) is 91.0 Å². The molecule has 9 rings (SSSR count). The van der Waals surface area contributed by atoms with Crippen LogP contribution in [-0.2, 0) is 0 Å². The summed E-state index contributed by atoms with van der Waals surface area (Å²) >= 11 is 0. The van der Waals surface area contributed by atoms with Crippen LogP contribution in [0.4, 0.5) is 0 Å². The van der Waals surface area contributed by atoms with Gasteiger partial charge in [-0.25, -0.2) is 9.97 Å². The molecule has 0 fully saturated rings. The molecule has 0 aliphatic carbocycles. The highest BCUT2D eigenvalue weighted by atomic mass is 14.7. The molecule has 214 valence electrons. The second-order valence-electron chi connectivity index (χ2n) is 11.6. The average Bonchev–Trinajstić information content (AvgIpc) is 3.14. The number of pyridine rings is 4. The summed E-state index contributed by atoms with van der Waals surface area (Å²) in [5, 5.41) is 4.42. The average molecular weight is 587 g/mol. The minimum atomic E-state index is 0.924. The van der Waals surface area contributed by atoms with Crippen LogP contribution in [0.25, 0.3) is 88.4 Å². The summed E-state index contributed by atoms with van der Waals surface area (Å²) in [6.45, 7) is 0. The Kier molecular flexibility index (Phi) is 6.10. The van der Waals surface area contributed by atoms with Gasteiger partial charge in [0.05, 0.1) is 33.5 Å². The summed E-state index contributed by atoms with van der Waals surface area (Å²) in [6, 6.07) is 50.8. The first kappa shape index (κ1) is 26.2. The molecule has 4 heteroatoms. The van der Waals surface area contributed by atoms with Gasteiger partial charge in [-0.15, -0.1) is 0 Å². The van der Waals surface area contributed by atoms with E-state index in [0.717, 1.165) is 88.4 Å². The molecule has 4 nitrogen and oxygen atoms in total. The Bertz CT molecular complexity index is 2570. The van der Waals surface area contributed by atoms with Gasteiger partial charge in [-0.05, 0) is 76.9 Å². The van der Waals surface area contributed by atoms with Crippen molar-refractivity contribution < 1.29 is 0 Å². The van der Waals surface area contributed by atoms with E-state index in [4.69, 9.17) is 9.97 Å². The lowest BCUT2D eigenvalue weighted by Gasteiger charge is -2.11. The predicted octanol–water partition coefficient (Wildman–Crippen LogP) is 10.5. The lowest BCUT2D eigenvalue weighted by Crippen LogP contribution is -1.90. The van der Waals surface area contributed by atoms with Crippen LogP contribution in [0.3, 0.4) is 0 Å². The number of hydrogen-bond acceptors (Lipinski definition) is 4. The third-order valence-corrected chi connectivity index (χ3v) is 8.73. The molecule has 0 amide bonds. The van der Waals surface area contributed by atoms with Crippen molar-refractivity contribution in [2.75, 3.05) is 0 Å². The van der Waals surface area contributed by atoms with E-state index in [1.54, 1.807) is 0 Å². The van der Waals surface area contributed by atoms with E-state index in [0.29, 0.717) is 0 Å². The maximum atomic E-state index is 5.03. The maximum absolute atomic E-state index is 5.03. The number of fused-ring (bicyclic) bond motifs is 5. The van der Waals surface area contributed by atoms with Gasteiger partial charge in [0.1, 0.15) is 0 Å². The molecule has 0 spiro atoms. The highest BCUT2D eigenvalue weighted by molar-refractivity contribution is 6.10. The fraction of sp³-hybridized carbons (Fsp3) is 0. The van der Waals surface area contributed by atoms with Gasteiger partial charge in [0.25, 0.3) is 0 Å². The first-order valence-electron chi connectivity index (χ1n) is 15.4. The first-order valence-corrected chi connectivity index (χ1v) is 15.4. The van der Waals surface area contributed by atoms with Crippen molar-refractivity contribution in [2.24, 2.45) is 0 Å². The third kappa shape index (κ3) is 4.56. The first-order chi connectivity index (χ1) is 22.8. The number of rotatable bonds is 4. The lowest BCUT2D eigenvalue weighted by molar-refractivity contribution is 1.37. The van der Waals surface area contributed by atoms with E-state index in [-0.39, 0.29) is 0 Å². The quantitative estimate of drug-likeness (QED) is 0.193. The molecular formula is C42H26N4. The van der Waals surface area contributed by atoms with Gasteiger partial charge >= 0.3 is 0 Å². The number of benzene rings is 5. The van der Waals surface area contributed by atoms with Crippen LogP contribution in [-0.4, -0.2) is 19.9 Å². The van der Waals surface area contributed by atoms with Gasteiger partial charge in [-0.2, -0.15) is 0 Å². The van der Waals surface area contributed by atoms with Crippen molar-refractivity contribution in [3.8, 4) is 44.8 Å². The monoisotopic (exact) mass is 586 g/mol. The van der Waals surface area contributed by atoms with Gasteiger partial charge in [0, 0.05) is 45.1 Å². The molecule has 0 unspecified atom stereocenters. The zero-order valence-electron chi connectivity index (χ0n) is 24.8. The number of hydrogen-bond donors (Lipinski definition) is 0. The summed E-state index contributed by atoms with van der Waals surface area (Å²) in [5.74, 6) is 0. The molecule has 5 aromatic carbocycles. The molecule has 0 aliphatic heterocycles. The van der Waals surface area contributed by atoms with Gasteiger partial charge in [0.2, 0.25) is 0 Å². The van der Waals surface area contributed by atoms with E-state index in [1.807, 2.05) is 42.7 Å². The number of aromatic nitrogens is 4. The molecular weight excluding hydrogens is 560 g/mol. The van der Waals surface area contributed by atoms with Crippen LogP contribution in [0.15, 0.2) is 158 Å². The molecule has 46 heavy (non-hydrogen) atoms. The van der Waals surface area contributed by atoms with Crippen LogP contribution in [0.5, 0.6) is 0 Å². The zero-order chi connectivity index (χ0) is 30.5. The predicted molar refractivity (Wildman–Crippen MR) is 189 cm³/mol. The van der Waals surface area contributed by atoms with Gasteiger partial charge in [0.15, 0.2) is 0 Å². The summed E-state index contributed by atoms with van der Waals surface area (Å²) < 4.78 is 0. The molecule has 4 heterocycles. The van der Waals surface area contributed by atoms with E-state index >= 15 is 0 Å². The zero-order valence-corrected chi connectivity index (χ0v) is 24.8. The molecule has 0 atom stereocenters. The minimum Gasteiger partial charge on any atom is -0.254 e. The van der Waals surface area contributed by atoms with E-state index in [2.05, 4.69) is 125 Å². The number of nitrogens with zero attached hydrogens (tertiary/aromatic N) is 4. The maximum Gasteiger partial charge on any atom is 0.0970 e. The second kappa shape index (κ2) is 10.7. The van der Waals surface area contributed by atoms with Crippen molar-refractivity contribution in [3.63, 3.8) is 0 Å². The van der Waals surface area contributed by atoms with Crippen LogP contribution in [0.2, 0.25) is 0 Å². The van der Waals surface area contributed by atoms with Crippen molar-refractivity contribution in [1.82, 2.24) is 19.9 Å². The normalized spacial score (nSPS) is 11.5.